The minimum Gasteiger partial charge on any atom is -0.507 e. The normalized spacial score (nSPS) is 14.7. The molecule has 0 amide bonds. The Kier molecular flexibility index (Phi) is 21.7. The summed E-state index contributed by atoms with van der Waals surface area (Å²) in [6.45, 7) is 3.84. The number of aryl methyl sites for hydroxylation is 1. The van der Waals surface area contributed by atoms with Crippen LogP contribution in [0.3, 0.4) is 0 Å². The van der Waals surface area contributed by atoms with Gasteiger partial charge in [0.1, 0.15) is 11.5 Å². The van der Waals surface area contributed by atoms with Crippen LogP contribution >= 0.6 is 17.2 Å². The van der Waals surface area contributed by atoms with Gasteiger partial charge in [0.25, 0.3) is 0 Å². The van der Waals surface area contributed by atoms with E-state index in [0.717, 1.165) is 105 Å². The summed E-state index contributed by atoms with van der Waals surface area (Å²) in [6, 6.07) is 105. The molecule has 0 radical (unpaired) electrons. The SMILES string of the molecule is C.C.C.Cc1ccc2ccccc2c1C1=NCCc2ccccc21.Oc1ccc2ccccc2c1C1=NC(c2ccccc2)Cc2ccccc21.Oc1ccc2ccccc2c1C1=NCCc2ccccc21.PPc1ccc2ccccc2c1C1=NC(c2ccccc2)Cc2ccccc21. The predicted octanol–water partition coefficient (Wildman–Crippen LogP) is 22.1. The fourth-order valence-corrected chi connectivity index (χ4v) is 15.7. The van der Waals surface area contributed by atoms with Crippen molar-refractivity contribution in [1.82, 2.24) is 0 Å². The number of hydrogen-bond acceptors (Lipinski definition) is 6. The molecule has 8 heteroatoms. The van der Waals surface area contributed by atoms with E-state index in [4.69, 9.17) is 20.0 Å². The molecule has 4 heterocycles. The number of benzene rings is 14. The molecule has 0 aliphatic carbocycles. The maximum atomic E-state index is 10.8. The van der Waals surface area contributed by atoms with Gasteiger partial charge in [-0.25, -0.2) is 0 Å². The Morgan fingerprint density at radius 3 is 1.08 bits per heavy atom. The van der Waals surface area contributed by atoms with Crippen LogP contribution in [0.2, 0.25) is 0 Å². The predicted molar refractivity (Wildman–Crippen MR) is 433 cm³/mol. The summed E-state index contributed by atoms with van der Waals surface area (Å²) in [7, 11) is 3.56. The number of fused-ring (bicyclic) bond motifs is 8. The quantitative estimate of drug-likeness (QED) is 0.156. The molecule has 494 valence electrons. The highest BCUT2D eigenvalue weighted by atomic mass is 32.0. The number of aromatic hydroxyl groups is 2. The molecule has 2 N–H and O–H groups in total. The van der Waals surface area contributed by atoms with Gasteiger partial charge < -0.3 is 10.2 Å². The van der Waals surface area contributed by atoms with Crippen molar-refractivity contribution in [3.8, 4) is 11.5 Å². The minimum absolute atomic E-state index is 0. The second-order valence-corrected chi connectivity index (χ2v) is 26.7. The summed E-state index contributed by atoms with van der Waals surface area (Å²) in [5.41, 5.74) is 22.3. The molecule has 4 aliphatic rings. The molecule has 0 spiro atoms. The zero-order valence-corrected chi connectivity index (χ0v) is 56.2. The number of phenols is 2. The van der Waals surface area contributed by atoms with Crippen LogP contribution in [0.25, 0.3) is 43.1 Å². The number of phenolic OH excluding ortho intramolecular Hbond substituents is 2. The van der Waals surface area contributed by atoms with Crippen LogP contribution in [0, 0.1) is 6.92 Å². The van der Waals surface area contributed by atoms with E-state index >= 15 is 0 Å². The lowest BCUT2D eigenvalue weighted by Gasteiger charge is -2.26. The Labute approximate surface area is 593 Å². The van der Waals surface area contributed by atoms with E-state index in [1.807, 2.05) is 60.7 Å². The van der Waals surface area contributed by atoms with Crippen molar-refractivity contribution >= 4 is 88.4 Å². The zero-order valence-electron chi connectivity index (χ0n) is 54.0. The third kappa shape index (κ3) is 14.0. The molecule has 18 rings (SSSR count). The van der Waals surface area contributed by atoms with E-state index in [2.05, 4.69) is 246 Å². The highest BCUT2D eigenvalue weighted by molar-refractivity contribution is 8.06. The average Bonchev–Trinajstić information content (AvgIpc) is 0.772. The van der Waals surface area contributed by atoms with Crippen LogP contribution in [0.1, 0.15) is 118 Å². The molecular weight excluding hydrogens is 1250 g/mol. The third-order valence-corrected chi connectivity index (χ3v) is 20.8. The van der Waals surface area contributed by atoms with Crippen molar-refractivity contribution in [2.75, 3.05) is 13.1 Å². The first-order valence-corrected chi connectivity index (χ1v) is 36.2. The molecule has 0 saturated heterocycles. The van der Waals surface area contributed by atoms with Gasteiger partial charge in [-0.3, -0.25) is 20.0 Å². The minimum atomic E-state index is 0. The van der Waals surface area contributed by atoms with E-state index in [-0.39, 0.29) is 40.1 Å². The van der Waals surface area contributed by atoms with Crippen molar-refractivity contribution in [2.45, 2.75) is 67.0 Å². The molecule has 0 saturated carbocycles. The van der Waals surface area contributed by atoms with Crippen molar-refractivity contribution in [1.29, 1.82) is 0 Å². The van der Waals surface area contributed by atoms with Gasteiger partial charge in [0.2, 0.25) is 0 Å². The van der Waals surface area contributed by atoms with Crippen molar-refractivity contribution in [2.24, 2.45) is 20.0 Å². The highest BCUT2D eigenvalue weighted by Crippen LogP contribution is 2.40. The zero-order chi connectivity index (χ0) is 65.6. The van der Waals surface area contributed by atoms with Gasteiger partial charge >= 0.3 is 0 Å². The van der Waals surface area contributed by atoms with Crippen molar-refractivity contribution < 1.29 is 10.2 Å². The summed E-state index contributed by atoms with van der Waals surface area (Å²) in [5, 5.41) is 32.0. The van der Waals surface area contributed by atoms with Gasteiger partial charge in [-0.2, -0.15) is 0 Å². The van der Waals surface area contributed by atoms with Gasteiger partial charge in [0, 0.05) is 57.6 Å². The van der Waals surface area contributed by atoms with E-state index in [0.29, 0.717) is 14.0 Å². The first-order chi connectivity index (χ1) is 47.8. The van der Waals surface area contributed by atoms with E-state index in [9.17, 15) is 10.2 Å². The molecule has 14 aromatic carbocycles. The second kappa shape index (κ2) is 31.4. The van der Waals surface area contributed by atoms with Crippen LogP contribution in [-0.4, -0.2) is 46.1 Å². The Bertz CT molecular complexity index is 5260. The third-order valence-electron chi connectivity index (χ3n) is 19.1. The van der Waals surface area contributed by atoms with Crippen LogP contribution in [0.15, 0.2) is 323 Å². The molecule has 100 heavy (non-hydrogen) atoms. The first-order valence-electron chi connectivity index (χ1n) is 33.4. The molecule has 4 unspecified atom stereocenters. The molecule has 4 atom stereocenters. The second-order valence-electron chi connectivity index (χ2n) is 25.0. The number of rotatable bonds is 7. The Hall–Kier alpha value is -10.7. The van der Waals surface area contributed by atoms with Gasteiger partial charge in [0.05, 0.1) is 34.9 Å². The highest BCUT2D eigenvalue weighted by Gasteiger charge is 2.28. The molecule has 0 fully saturated rings. The fraction of sp³-hybridized carbons (Fsp3) is 0.130. The van der Waals surface area contributed by atoms with Crippen LogP contribution in [0.4, 0.5) is 0 Å². The molecule has 0 aromatic heterocycles. The average molecular weight is 1340 g/mol. The summed E-state index contributed by atoms with van der Waals surface area (Å²) >= 11 is 0. The van der Waals surface area contributed by atoms with Gasteiger partial charge in [-0.15, -0.1) is 8.93 Å². The van der Waals surface area contributed by atoms with Crippen molar-refractivity contribution in [3.05, 3.63) is 387 Å². The molecular formula is C92H84N4O2P2. The Balaban J connectivity index is 0.000000126. The number of hydrogen-bond donors (Lipinski definition) is 2. The van der Waals surface area contributed by atoms with E-state index < -0.39 is 0 Å². The van der Waals surface area contributed by atoms with Gasteiger partial charge in [-0.05, 0) is 132 Å². The van der Waals surface area contributed by atoms with Crippen LogP contribution < -0.4 is 5.30 Å². The summed E-state index contributed by atoms with van der Waals surface area (Å²) in [6.07, 6.45) is 3.83. The maximum absolute atomic E-state index is 10.8. The summed E-state index contributed by atoms with van der Waals surface area (Å²) < 4.78 is 0. The summed E-state index contributed by atoms with van der Waals surface area (Å²) in [4.78, 5) is 20.0. The largest absolute Gasteiger partial charge is 0.507 e. The van der Waals surface area contributed by atoms with Crippen LogP contribution in [-0.2, 0) is 25.7 Å². The smallest absolute Gasteiger partial charge is 0.125 e. The lowest BCUT2D eigenvalue weighted by Crippen LogP contribution is -2.21. The Morgan fingerprint density at radius 2 is 0.640 bits per heavy atom. The Morgan fingerprint density at radius 1 is 0.320 bits per heavy atom. The maximum Gasteiger partial charge on any atom is 0.125 e. The van der Waals surface area contributed by atoms with Gasteiger partial charge in [0.15, 0.2) is 0 Å². The summed E-state index contributed by atoms with van der Waals surface area (Å²) in [5.74, 6) is 0.570. The fourth-order valence-electron chi connectivity index (χ4n) is 14.4. The topological polar surface area (TPSA) is 89.9 Å². The number of nitrogens with zero attached hydrogens (tertiary/aromatic N) is 4. The lowest BCUT2D eigenvalue weighted by molar-refractivity contribution is 0.474. The first kappa shape index (κ1) is 69.2. The molecule has 4 aliphatic heterocycles. The molecule has 6 nitrogen and oxygen atoms in total. The van der Waals surface area contributed by atoms with E-state index in [1.165, 1.54) is 88.0 Å². The monoisotopic (exact) mass is 1340 g/mol. The van der Waals surface area contributed by atoms with Gasteiger partial charge in [-0.1, -0.05) is 322 Å². The van der Waals surface area contributed by atoms with Crippen LogP contribution in [0.5, 0.6) is 11.5 Å². The van der Waals surface area contributed by atoms with Crippen molar-refractivity contribution in [3.63, 3.8) is 0 Å². The molecule has 0 bridgehead atoms. The standard InChI is InChI=1S/C25H19NO.C25H21NP2.C20H17N.C19H15NO.3CH4/c27-23-15-14-17-8-4-6-12-20(17)24(23)25-21-13-7-5-11-19(21)16-22(26-25)18-9-2-1-3-10-18;27-28-23-15-14-17-8-4-6-12-20(17)24(23)25-21-13-7-5-11-19(21)16-22(26-25)18-9-2-1-3-10-18;1-14-10-11-15-6-2-4-8-17(15)19(14)20-18-9-5-3-7-16(18)12-13-21-20;21-17-10-9-13-5-1-3-7-15(13)18(17)19-16-8-4-2-6-14(16)11-12-20-19;;;/h1-15,22,27H,16H2;1-15,22,28H,16,27H2;2-11H,12-13H2,1H3;1-10,21H,11-12H2;3*1H4. The van der Waals surface area contributed by atoms with E-state index in [1.54, 1.807) is 12.1 Å². The number of aliphatic imine (C=N–C) groups is 4. The molecule has 14 aromatic rings. The lowest BCUT2D eigenvalue weighted by atomic mass is 9.86.